The summed E-state index contributed by atoms with van der Waals surface area (Å²) in [5.74, 6) is -0.328. The summed E-state index contributed by atoms with van der Waals surface area (Å²) in [5, 5.41) is 6.47. The maximum atomic E-state index is 13.0. The summed E-state index contributed by atoms with van der Waals surface area (Å²) >= 11 is 6.16. The molecule has 1 aromatic carbocycles. The Bertz CT molecular complexity index is 1320. The molecule has 0 unspecified atom stereocenters. The Balaban J connectivity index is 1.54. The van der Waals surface area contributed by atoms with E-state index in [1.54, 1.807) is 19.1 Å². The zero-order chi connectivity index (χ0) is 28.2. The lowest BCUT2D eigenvalue weighted by molar-refractivity contribution is 0.0470. The average Bonchev–Trinajstić information content (AvgIpc) is 2.82. The summed E-state index contributed by atoms with van der Waals surface area (Å²) in [6.07, 6.45) is 3.31. The summed E-state index contributed by atoms with van der Waals surface area (Å²) in [4.78, 5) is 36.5. The van der Waals surface area contributed by atoms with E-state index in [1.807, 2.05) is 58.2 Å². The molecule has 9 heteroatoms. The van der Waals surface area contributed by atoms with E-state index in [0.717, 1.165) is 41.8 Å². The number of benzene rings is 1. The van der Waals surface area contributed by atoms with E-state index in [4.69, 9.17) is 16.3 Å². The molecule has 1 atom stereocenters. The second kappa shape index (κ2) is 12.1. The number of ether oxygens (including phenoxy) is 1. The first-order valence-electron chi connectivity index (χ1n) is 13.2. The van der Waals surface area contributed by atoms with Gasteiger partial charge in [-0.25, -0.2) is 9.78 Å². The van der Waals surface area contributed by atoms with Gasteiger partial charge in [-0.2, -0.15) is 0 Å². The van der Waals surface area contributed by atoms with Crippen molar-refractivity contribution < 1.29 is 14.3 Å². The third kappa shape index (κ3) is 8.50. The van der Waals surface area contributed by atoms with Gasteiger partial charge in [0, 0.05) is 53.0 Å². The molecule has 3 aromatic rings. The molecule has 2 amide bonds. The standard InChI is InChI=1S/C30H36ClN5O3/c1-19-8-9-22(16-32-19)23-12-21(13-26(14-23)34-28(37)27-15-24(31)11-20(2)33-27)17-36-10-6-7-25(18-36)35-29(38)39-30(3,4)5/h8-9,11-16,25H,6-7,10,17-18H2,1-5H3,(H,34,37)(H,35,38)/t25-/m0/s1. The molecule has 4 rings (SSSR count). The van der Waals surface area contributed by atoms with Crippen molar-refractivity contribution in [3.63, 3.8) is 0 Å². The van der Waals surface area contributed by atoms with Crippen LogP contribution < -0.4 is 10.6 Å². The minimum atomic E-state index is -0.538. The molecular formula is C30H36ClN5O3. The fourth-order valence-electron chi connectivity index (χ4n) is 4.65. The molecule has 1 fully saturated rings. The first-order chi connectivity index (χ1) is 18.4. The van der Waals surface area contributed by atoms with Gasteiger partial charge in [-0.1, -0.05) is 17.7 Å². The Hall–Kier alpha value is -3.49. The van der Waals surface area contributed by atoms with Crippen LogP contribution in [0.2, 0.25) is 5.02 Å². The Kier molecular flexibility index (Phi) is 8.87. The number of carbonyl (C=O) groups is 2. The normalized spacial score (nSPS) is 16.0. The molecule has 0 radical (unpaired) electrons. The zero-order valence-corrected chi connectivity index (χ0v) is 23.9. The highest BCUT2D eigenvalue weighted by molar-refractivity contribution is 6.31. The van der Waals surface area contributed by atoms with Gasteiger partial charge in [0.2, 0.25) is 0 Å². The lowest BCUT2D eigenvalue weighted by Crippen LogP contribution is -2.48. The number of carbonyl (C=O) groups excluding carboxylic acids is 2. The number of nitrogens with zero attached hydrogens (tertiary/aromatic N) is 3. The van der Waals surface area contributed by atoms with Crippen LogP contribution >= 0.6 is 11.6 Å². The molecule has 3 heterocycles. The number of anilines is 1. The Labute approximate surface area is 235 Å². The molecule has 0 spiro atoms. The molecule has 0 aliphatic carbocycles. The molecule has 0 bridgehead atoms. The molecule has 206 valence electrons. The van der Waals surface area contributed by atoms with Crippen molar-refractivity contribution in [3.05, 3.63) is 76.3 Å². The largest absolute Gasteiger partial charge is 0.444 e. The molecule has 2 aromatic heterocycles. The van der Waals surface area contributed by atoms with E-state index in [-0.39, 0.29) is 17.6 Å². The fraction of sp³-hybridized carbons (Fsp3) is 0.400. The van der Waals surface area contributed by atoms with Gasteiger partial charge in [0.05, 0.1) is 0 Å². The molecule has 1 aliphatic rings. The molecule has 39 heavy (non-hydrogen) atoms. The number of aryl methyl sites for hydroxylation is 2. The monoisotopic (exact) mass is 549 g/mol. The Morgan fingerprint density at radius 3 is 2.56 bits per heavy atom. The quantitative estimate of drug-likeness (QED) is 0.382. The highest BCUT2D eigenvalue weighted by atomic mass is 35.5. The summed E-state index contributed by atoms with van der Waals surface area (Å²) in [6.45, 7) is 11.6. The van der Waals surface area contributed by atoms with Gasteiger partial charge in [0.15, 0.2) is 0 Å². The van der Waals surface area contributed by atoms with E-state index in [1.165, 1.54) is 0 Å². The SMILES string of the molecule is Cc1ccc(-c2cc(CN3CCC[C@H](NC(=O)OC(C)(C)C)C3)cc(NC(=O)c3cc(Cl)cc(C)n3)c2)cn1. The van der Waals surface area contributed by atoms with Crippen molar-refractivity contribution >= 4 is 29.3 Å². The lowest BCUT2D eigenvalue weighted by Gasteiger charge is -2.33. The number of hydrogen-bond acceptors (Lipinski definition) is 6. The molecule has 1 saturated heterocycles. The van der Waals surface area contributed by atoms with Crippen molar-refractivity contribution in [2.75, 3.05) is 18.4 Å². The summed E-state index contributed by atoms with van der Waals surface area (Å²) in [7, 11) is 0. The van der Waals surface area contributed by atoms with Crippen molar-refractivity contribution in [1.29, 1.82) is 0 Å². The van der Waals surface area contributed by atoms with Crippen molar-refractivity contribution in [2.45, 2.75) is 65.6 Å². The number of halogens is 1. The van der Waals surface area contributed by atoms with Crippen LogP contribution in [0.15, 0.2) is 48.7 Å². The van der Waals surface area contributed by atoms with Gasteiger partial charge in [0.1, 0.15) is 11.3 Å². The molecule has 8 nitrogen and oxygen atoms in total. The topological polar surface area (TPSA) is 96.5 Å². The van der Waals surface area contributed by atoms with Crippen LogP contribution in [0.3, 0.4) is 0 Å². The maximum Gasteiger partial charge on any atom is 0.407 e. The molecule has 2 N–H and O–H groups in total. The van der Waals surface area contributed by atoms with E-state index in [2.05, 4.69) is 31.6 Å². The van der Waals surface area contributed by atoms with Crippen molar-refractivity contribution in [3.8, 4) is 11.1 Å². The molecular weight excluding hydrogens is 514 g/mol. The third-order valence-electron chi connectivity index (χ3n) is 6.28. The van der Waals surface area contributed by atoms with Crippen molar-refractivity contribution in [1.82, 2.24) is 20.2 Å². The third-order valence-corrected chi connectivity index (χ3v) is 6.50. The van der Waals surface area contributed by atoms with Crippen LogP contribution in [0.4, 0.5) is 10.5 Å². The van der Waals surface area contributed by atoms with Gasteiger partial charge in [-0.15, -0.1) is 0 Å². The number of likely N-dealkylation sites (tertiary alicyclic amines) is 1. The lowest BCUT2D eigenvalue weighted by atomic mass is 10.0. The van der Waals surface area contributed by atoms with Gasteiger partial charge in [-0.05, 0) is 102 Å². The second-order valence-corrected chi connectivity index (χ2v) is 11.5. The molecule has 0 saturated carbocycles. The summed E-state index contributed by atoms with van der Waals surface area (Å²) < 4.78 is 5.44. The summed E-state index contributed by atoms with van der Waals surface area (Å²) in [5.41, 5.74) is 4.93. The van der Waals surface area contributed by atoms with Gasteiger partial charge < -0.3 is 15.4 Å². The van der Waals surface area contributed by atoms with E-state index < -0.39 is 11.7 Å². The predicted octanol–water partition coefficient (Wildman–Crippen LogP) is 6.16. The smallest absolute Gasteiger partial charge is 0.407 e. The average molecular weight is 550 g/mol. The zero-order valence-electron chi connectivity index (χ0n) is 23.2. The van der Waals surface area contributed by atoms with E-state index in [0.29, 0.717) is 29.5 Å². The molecule has 1 aliphatic heterocycles. The van der Waals surface area contributed by atoms with Crippen LogP contribution in [0.5, 0.6) is 0 Å². The number of amides is 2. The van der Waals surface area contributed by atoms with E-state index in [9.17, 15) is 9.59 Å². The van der Waals surface area contributed by atoms with Gasteiger partial charge in [0.25, 0.3) is 5.91 Å². The first kappa shape index (κ1) is 28.5. The second-order valence-electron chi connectivity index (χ2n) is 11.1. The number of alkyl carbamates (subject to hydrolysis) is 1. The van der Waals surface area contributed by atoms with Crippen molar-refractivity contribution in [2.24, 2.45) is 0 Å². The van der Waals surface area contributed by atoms with E-state index >= 15 is 0 Å². The highest BCUT2D eigenvalue weighted by Crippen LogP contribution is 2.27. The van der Waals surface area contributed by atoms with Crippen LogP contribution in [0.25, 0.3) is 11.1 Å². The van der Waals surface area contributed by atoms with Crippen LogP contribution in [0, 0.1) is 13.8 Å². The number of rotatable bonds is 6. The van der Waals surface area contributed by atoms with Gasteiger partial charge in [-0.3, -0.25) is 14.7 Å². The summed E-state index contributed by atoms with van der Waals surface area (Å²) in [6, 6.07) is 13.3. The first-order valence-corrected chi connectivity index (χ1v) is 13.6. The number of nitrogens with one attached hydrogen (secondary N) is 2. The van der Waals surface area contributed by atoms with Crippen LogP contribution in [0.1, 0.15) is 61.1 Å². The van der Waals surface area contributed by atoms with Crippen LogP contribution in [-0.4, -0.2) is 51.6 Å². The number of aromatic nitrogens is 2. The Morgan fingerprint density at radius 1 is 1.08 bits per heavy atom. The highest BCUT2D eigenvalue weighted by Gasteiger charge is 2.24. The van der Waals surface area contributed by atoms with Gasteiger partial charge >= 0.3 is 6.09 Å². The fourth-order valence-corrected chi connectivity index (χ4v) is 4.91. The van der Waals surface area contributed by atoms with Crippen LogP contribution in [-0.2, 0) is 11.3 Å². The Morgan fingerprint density at radius 2 is 1.87 bits per heavy atom. The number of pyridine rings is 2. The predicted molar refractivity (Wildman–Crippen MR) is 154 cm³/mol. The minimum absolute atomic E-state index is 0.00870. The number of hydrogen-bond donors (Lipinski definition) is 2. The number of piperidine rings is 1. The minimum Gasteiger partial charge on any atom is -0.444 e. The maximum absolute atomic E-state index is 13.0.